The minimum atomic E-state index is -0.260. The number of piperidine rings is 1. The van der Waals surface area contributed by atoms with Crippen molar-refractivity contribution in [2.24, 2.45) is 0 Å². The molecule has 2 N–H and O–H groups in total. The first-order valence-corrected chi connectivity index (χ1v) is 16.2. The highest BCUT2D eigenvalue weighted by Gasteiger charge is 2.27. The Morgan fingerprint density at radius 3 is 2.31 bits per heavy atom. The Hall–Kier alpha value is -4.08. The van der Waals surface area contributed by atoms with Crippen molar-refractivity contribution < 1.29 is 23.9 Å². The summed E-state index contributed by atoms with van der Waals surface area (Å²) >= 11 is 0. The molecule has 45 heavy (non-hydrogen) atoms. The Labute approximate surface area is 267 Å². The first kappa shape index (κ1) is 33.8. The SMILES string of the molecule is CCCCN1CCC(ON(C(=O)c2ccccc2C)c2ccc(Oc3ccc(NC(=O)NC(CC)CC)cc3OC)cc2)CC1. The van der Waals surface area contributed by atoms with Crippen LogP contribution in [0.25, 0.3) is 0 Å². The van der Waals surface area contributed by atoms with Crippen LogP contribution in [0.1, 0.15) is 75.2 Å². The number of carbonyl (C=O) groups is 2. The van der Waals surface area contributed by atoms with Gasteiger partial charge in [0.05, 0.1) is 18.9 Å². The maximum Gasteiger partial charge on any atom is 0.319 e. The number of hydroxylamine groups is 1. The fraction of sp³-hybridized carbons (Fsp3) is 0.444. The van der Waals surface area contributed by atoms with E-state index in [1.54, 1.807) is 37.4 Å². The largest absolute Gasteiger partial charge is 0.493 e. The summed E-state index contributed by atoms with van der Waals surface area (Å²) in [5.41, 5.74) is 2.71. The van der Waals surface area contributed by atoms with E-state index < -0.39 is 0 Å². The molecule has 3 aromatic rings. The lowest BCUT2D eigenvalue weighted by atomic mass is 10.1. The number of benzene rings is 3. The van der Waals surface area contributed by atoms with Crippen LogP contribution in [0.15, 0.2) is 66.7 Å². The van der Waals surface area contributed by atoms with Gasteiger partial charge >= 0.3 is 6.03 Å². The van der Waals surface area contributed by atoms with Crippen molar-refractivity contribution in [2.45, 2.75) is 78.4 Å². The third-order valence-corrected chi connectivity index (χ3v) is 8.22. The van der Waals surface area contributed by atoms with Gasteiger partial charge in [-0.15, -0.1) is 0 Å². The highest BCUT2D eigenvalue weighted by Crippen LogP contribution is 2.35. The Morgan fingerprint density at radius 1 is 0.956 bits per heavy atom. The molecule has 4 rings (SSSR count). The molecule has 0 bridgehead atoms. The van der Waals surface area contributed by atoms with Gasteiger partial charge in [-0.3, -0.25) is 9.63 Å². The zero-order valence-corrected chi connectivity index (χ0v) is 27.3. The summed E-state index contributed by atoms with van der Waals surface area (Å²) in [6.07, 6.45) is 5.78. The first-order chi connectivity index (χ1) is 21.8. The summed E-state index contributed by atoms with van der Waals surface area (Å²) in [6.45, 7) is 11.3. The van der Waals surface area contributed by atoms with E-state index in [4.69, 9.17) is 14.3 Å². The van der Waals surface area contributed by atoms with E-state index in [0.29, 0.717) is 34.2 Å². The molecule has 0 atom stereocenters. The molecule has 9 nitrogen and oxygen atoms in total. The zero-order valence-electron chi connectivity index (χ0n) is 27.3. The molecular formula is C36H48N4O5. The molecule has 0 aromatic heterocycles. The number of hydrogen-bond donors (Lipinski definition) is 2. The first-order valence-electron chi connectivity index (χ1n) is 16.2. The molecule has 1 fully saturated rings. The summed E-state index contributed by atoms with van der Waals surface area (Å²) < 4.78 is 11.7. The smallest absolute Gasteiger partial charge is 0.319 e. The van der Waals surface area contributed by atoms with E-state index in [1.807, 2.05) is 57.2 Å². The van der Waals surface area contributed by atoms with Crippen molar-refractivity contribution in [3.8, 4) is 17.2 Å². The van der Waals surface area contributed by atoms with Crippen molar-refractivity contribution in [3.05, 3.63) is 77.9 Å². The maximum absolute atomic E-state index is 13.8. The van der Waals surface area contributed by atoms with Gasteiger partial charge in [-0.1, -0.05) is 45.4 Å². The number of carbonyl (C=O) groups excluding carboxylic acids is 2. The summed E-state index contributed by atoms with van der Waals surface area (Å²) in [5, 5.41) is 7.26. The van der Waals surface area contributed by atoms with Crippen LogP contribution in [0, 0.1) is 6.92 Å². The third-order valence-electron chi connectivity index (χ3n) is 8.22. The second-order valence-electron chi connectivity index (χ2n) is 11.5. The Kier molecular flexibility index (Phi) is 12.7. The number of amides is 3. The van der Waals surface area contributed by atoms with Gasteiger partial charge in [-0.2, -0.15) is 5.06 Å². The third kappa shape index (κ3) is 9.45. The quantitative estimate of drug-likeness (QED) is 0.179. The standard InChI is InChI=1S/C36H48N4O5/c1-6-9-22-39-23-20-31(21-24-39)45-40(35(41)32-13-11-10-12-26(32)4)29-15-17-30(18-16-29)44-33-19-14-28(25-34(33)43-5)38-36(42)37-27(7-2)8-3/h10-19,25,27,31H,6-9,20-24H2,1-5H3,(H2,37,38,42). The van der Waals surface area contributed by atoms with Crippen molar-refractivity contribution in [2.75, 3.05) is 37.1 Å². The van der Waals surface area contributed by atoms with E-state index in [9.17, 15) is 9.59 Å². The van der Waals surface area contributed by atoms with Gasteiger partial charge in [0.1, 0.15) is 5.75 Å². The van der Waals surface area contributed by atoms with Crippen molar-refractivity contribution in [1.82, 2.24) is 10.2 Å². The number of rotatable bonds is 14. The molecule has 9 heteroatoms. The molecule has 0 aliphatic carbocycles. The number of nitrogens with one attached hydrogen (secondary N) is 2. The Bertz CT molecular complexity index is 1380. The highest BCUT2D eigenvalue weighted by atomic mass is 16.7. The predicted molar refractivity (Wildman–Crippen MR) is 179 cm³/mol. The normalized spacial score (nSPS) is 13.8. The minimum Gasteiger partial charge on any atom is -0.493 e. The van der Waals surface area contributed by atoms with Crippen molar-refractivity contribution in [1.29, 1.82) is 0 Å². The van der Waals surface area contributed by atoms with Gasteiger partial charge < -0.3 is 25.0 Å². The summed E-state index contributed by atoms with van der Waals surface area (Å²) in [6, 6.07) is 19.9. The second kappa shape index (κ2) is 16.8. The second-order valence-corrected chi connectivity index (χ2v) is 11.5. The monoisotopic (exact) mass is 616 g/mol. The minimum absolute atomic E-state index is 0.0555. The molecule has 0 radical (unpaired) electrons. The van der Waals surface area contributed by atoms with E-state index in [0.717, 1.165) is 50.9 Å². The Morgan fingerprint density at radius 2 is 1.67 bits per heavy atom. The van der Waals surface area contributed by atoms with Crippen LogP contribution in [0.2, 0.25) is 0 Å². The van der Waals surface area contributed by atoms with Crippen LogP contribution in [0.3, 0.4) is 0 Å². The van der Waals surface area contributed by atoms with Crippen molar-refractivity contribution in [3.63, 3.8) is 0 Å². The highest BCUT2D eigenvalue weighted by molar-refractivity contribution is 6.05. The molecule has 1 aliphatic heterocycles. The molecule has 1 aliphatic rings. The van der Waals surface area contributed by atoms with Crippen LogP contribution in [-0.2, 0) is 4.84 Å². The van der Waals surface area contributed by atoms with Crippen LogP contribution in [-0.4, -0.2) is 55.7 Å². The fourth-order valence-electron chi connectivity index (χ4n) is 5.37. The van der Waals surface area contributed by atoms with Crippen LogP contribution in [0.5, 0.6) is 17.2 Å². The van der Waals surface area contributed by atoms with E-state index in [-0.39, 0.29) is 24.1 Å². The number of anilines is 2. The zero-order chi connectivity index (χ0) is 32.2. The molecular weight excluding hydrogens is 568 g/mol. The summed E-state index contributed by atoms with van der Waals surface area (Å²) in [7, 11) is 1.56. The van der Waals surface area contributed by atoms with Crippen LogP contribution in [0.4, 0.5) is 16.2 Å². The van der Waals surface area contributed by atoms with E-state index >= 15 is 0 Å². The number of hydrogen-bond acceptors (Lipinski definition) is 6. The van der Waals surface area contributed by atoms with Gasteiger partial charge in [0.15, 0.2) is 11.5 Å². The molecule has 1 heterocycles. The predicted octanol–water partition coefficient (Wildman–Crippen LogP) is 7.95. The molecule has 0 unspecified atom stereocenters. The lowest BCUT2D eigenvalue weighted by Gasteiger charge is -2.34. The summed E-state index contributed by atoms with van der Waals surface area (Å²) in [5.74, 6) is 1.34. The van der Waals surface area contributed by atoms with E-state index in [2.05, 4.69) is 22.5 Å². The molecule has 3 aromatic carbocycles. The van der Waals surface area contributed by atoms with Gasteiger partial charge in [0.25, 0.3) is 5.91 Å². The average molecular weight is 617 g/mol. The number of aryl methyl sites for hydroxylation is 1. The number of likely N-dealkylation sites (tertiary alicyclic amines) is 1. The molecule has 3 amide bonds. The molecule has 0 spiro atoms. The van der Waals surface area contributed by atoms with Gasteiger partial charge in [-0.05, 0) is 93.6 Å². The molecule has 1 saturated heterocycles. The number of unbranched alkanes of at least 4 members (excludes halogenated alkanes) is 1. The molecule has 242 valence electrons. The van der Waals surface area contributed by atoms with Gasteiger partial charge in [0.2, 0.25) is 0 Å². The van der Waals surface area contributed by atoms with Crippen molar-refractivity contribution >= 4 is 23.3 Å². The average Bonchev–Trinajstić information content (AvgIpc) is 3.06. The number of methoxy groups -OCH3 is 1. The summed E-state index contributed by atoms with van der Waals surface area (Å²) in [4.78, 5) is 35.1. The Balaban J connectivity index is 1.48. The van der Waals surface area contributed by atoms with Gasteiger partial charge in [0, 0.05) is 36.4 Å². The lowest BCUT2D eigenvalue weighted by molar-refractivity contribution is -0.00490. The van der Waals surface area contributed by atoms with Crippen LogP contribution >= 0.6 is 0 Å². The number of urea groups is 1. The number of ether oxygens (including phenoxy) is 2. The topological polar surface area (TPSA) is 92.4 Å². The van der Waals surface area contributed by atoms with Gasteiger partial charge in [-0.25, -0.2) is 4.79 Å². The fourth-order valence-corrected chi connectivity index (χ4v) is 5.37. The van der Waals surface area contributed by atoms with E-state index in [1.165, 1.54) is 17.9 Å². The van der Waals surface area contributed by atoms with Crippen LogP contribution < -0.4 is 25.2 Å². The molecule has 0 saturated carbocycles. The lowest BCUT2D eigenvalue weighted by Crippen LogP contribution is -2.42. The maximum atomic E-state index is 13.8. The number of nitrogens with zero attached hydrogens (tertiary/aromatic N) is 2.